The Morgan fingerprint density at radius 2 is 2.17 bits per heavy atom. The minimum Gasteiger partial charge on any atom is -0.468 e. The maximum Gasteiger partial charge on any atom is 0.257 e. The van der Waals surface area contributed by atoms with Crippen molar-refractivity contribution in [2.24, 2.45) is 5.92 Å². The van der Waals surface area contributed by atoms with Crippen LogP contribution in [-0.4, -0.2) is 61.4 Å². The van der Waals surface area contributed by atoms with E-state index in [1.54, 1.807) is 0 Å². The zero-order chi connectivity index (χ0) is 17.1. The fraction of sp³-hybridized carbons (Fsp3) is 0.667. The topological polar surface area (TPSA) is 65.8 Å². The van der Waals surface area contributed by atoms with E-state index in [1.165, 1.54) is 12.7 Å². The summed E-state index contributed by atoms with van der Waals surface area (Å²) in [6.07, 6.45) is 5.38. The van der Waals surface area contributed by atoms with E-state index < -0.39 is 0 Å². The van der Waals surface area contributed by atoms with Crippen molar-refractivity contribution >= 4 is 11.8 Å². The molecule has 0 radical (unpaired) electrons. The number of carbonyl (C=O) groups is 2. The summed E-state index contributed by atoms with van der Waals surface area (Å²) in [6, 6.07) is 0. The molecular weight excluding hydrogens is 306 g/mol. The van der Waals surface area contributed by atoms with E-state index in [1.807, 2.05) is 4.90 Å². The van der Waals surface area contributed by atoms with E-state index in [0.717, 1.165) is 39.0 Å². The van der Waals surface area contributed by atoms with Crippen LogP contribution < -0.4 is 5.32 Å². The van der Waals surface area contributed by atoms with Crippen LogP contribution in [0.15, 0.2) is 10.7 Å². The molecule has 2 aliphatic rings. The minimum absolute atomic E-state index is 0.0684. The van der Waals surface area contributed by atoms with E-state index in [9.17, 15) is 9.59 Å². The van der Waals surface area contributed by atoms with E-state index in [-0.39, 0.29) is 11.8 Å². The molecule has 132 valence electrons. The molecule has 2 amide bonds. The molecule has 0 aromatic carbocycles. The van der Waals surface area contributed by atoms with Gasteiger partial charge in [0.1, 0.15) is 12.0 Å². The van der Waals surface area contributed by atoms with Gasteiger partial charge in [0, 0.05) is 26.1 Å². The molecule has 0 bridgehead atoms. The summed E-state index contributed by atoms with van der Waals surface area (Å²) in [5.41, 5.74) is 0.865. The average molecular weight is 333 g/mol. The summed E-state index contributed by atoms with van der Waals surface area (Å²) in [6.45, 7) is 6.46. The smallest absolute Gasteiger partial charge is 0.257 e. The third kappa shape index (κ3) is 3.48. The van der Waals surface area contributed by atoms with Crippen LogP contribution in [0.3, 0.4) is 0 Å². The van der Waals surface area contributed by atoms with Crippen LogP contribution in [-0.2, 0) is 6.42 Å². The molecular formula is C18H27N3O3. The van der Waals surface area contributed by atoms with Crippen molar-refractivity contribution in [1.29, 1.82) is 0 Å². The van der Waals surface area contributed by atoms with E-state index >= 15 is 0 Å². The van der Waals surface area contributed by atoms with Crippen LogP contribution in [0.1, 0.15) is 52.7 Å². The van der Waals surface area contributed by atoms with Gasteiger partial charge in [-0.1, -0.05) is 6.92 Å². The van der Waals surface area contributed by atoms with E-state index in [4.69, 9.17) is 4.42 Å². The Kier molecular flexibility index (Phi) is 5.23. The van der Waals surface area contributed by atoms with Gasteiger partial charge in [0.25, 0.3) is 11.8 Å². The Morgan fingerprint density at radius 1 is 1.42 bits per heavy atom. The van der Waals surface area contributed by atoms with Gasteiger partial charge in [0.15, 0.2) is 0 Å². The number of nitrogens with one attached hydrogen (secondary N) is 1. The summed E-state index contributed by atoms with van der Waals surface area (Å²) in [5.74, 6) is 1.07. The molecule has 24 heavy (non-hydrogen) atoms. The van der Waals surface area contributed by atoms with Crippen molar-refractivity contribution in [3.05, 3.63) is 23.2 Å². The number of furan rings is 1. The Bertz CT molecular complexity index is 603. The van der Waals surface area contributed by atoms with Gasteiger partial charge in [0.05, 0.1) is 11.1 Å². The molecule has 1 aromatic heterocycles. The molecule has 0 unspecified atom stereocenters. The van der Waals surface area contributed by atoms with Gasteiger partial charge in [-0.05, 0) is 45.3 Å². The molecule has 1 saturated heterocycles. The van der Waals surface area contributed by atoms with Crippen LogP contribution in [0.4, 0.5) is 0 Å². The predicted molar refractivity (Wildman–Crippen MR) is 91.2 cm³/mol. The van der Waals surface area contributed by atoms with Crippen molar-refractivity contribution in [2.45, 2.75) is 32.6 Å². The molecule has 0 atom stereocenters. The van der Waals surface area contributed by atoms with Crippen molar-refractivity contribution in [3.8, 4) is 0 Å². The molecule has 0 spiro atoms. The van der Waals surface area contributed by atoms with Gasteiger partial charge < -0.3 is 19.5 Å². The van der Waals surface area contributed by atoms with Gasteiger partial charge in [0.2, 0.25) is 0 Å². The highest BCUT2D eigenvalue weighted by Gasteiger charge is 2.31. The van der Waals surface area contributed by atoms with Crippen molar-refractivity contribution in [3.63, 3.8) is 0 Å². The second-order valence-corrected chi connectivity index (χ2v) is 6.87. The second-order valence-electron chi connectivity index (χ2n) is 6.87. The zero-order valence-corrected chi connectivity index (χ0v) is 14.6. The lowest BCUT2D eigenvalue weighted by Gasteiger charge is -2.32. The quantitative estimate of drug-likeness (QED) is 0.892. The fourth-order valence-electron chi connectivity index (χ4n) is 3.52. The van der Waals surface area contributed by atoms with Crippen LogP contribution >= 0.6 is 0 Å². The standard InChI is InChI=1S/C18H27N3O3/c1-3-20(2)9-5-13-6-10-21(11-7-13)18(23)14-12-24-15-4-8-19-17(22)16(14)15/h12-13H,3-11H2,1-2H3,(H,19,22). The van der Waals surface area contributed by atoms with Crippen LogP contribution in [0, 0.1) is 5.92 Å². The Hall–Kier alpha value is -1.82. The van der Waals surface area contributed by atoms with Crippen molar-refractivity contribution < 1.29 is 14.0 Å². The molecule has 3 rings (SSSR count). The Labute approximate surface area is 143 Å². The first kappa shape index (κ1) is 17.0. The summed E-state index contributed by atoms with van der Waals surface area (Å²) in [4.78, 5) is 29.0. The van der Waals surface area contributed by atoms with Gasteiger partial charge in [-0.15, -0.1) is 0 Å². The van der Waals surface area contributed by atoms with E-state index in [0.29, 0.717) is 35.8 Å². The maximum absolute atomic E-state index is 12.8. The number of carbonyl (C=O) groups excluding carboxylic acids is 2. The number of rotatable bonds is 5. The van der Waals surface area contributed by atoms with Crippen molar-refractivity contribution in [1.82, 2.24) is 15.1 Å². The highest BCUT2D eigenvalue weighted by atomic mass is 16.3. The number of amides is 2. The number of piperidine rings is 1. The van der Waals surface area contributed by atoms with Gasteiger partial charge >= 0.3 is 0 Å². The normalized spacial score (nSPS) is 18.6. The maximum atomic E-state index is 12.8. The Balaban J connectivity index is 1.58. The fourth-order valence-corrected chi connectivity index (χ4v) is 3.52. The van der Waals surface area contributed by atoms with Gasteiger partial charge in [-0.25, -0.2) is 0 Å². The number of likely N-dealkylation sites (tertiary alicyclic amines) is 1. The van der Waals surface area contributed by atoms with Gasteiger partial charge in [-0.2, -0.15) is 0 Å². The highest BCUT2D eigenvalue weighted by Crippen LogP contribution is 2.26. The third-order valence-corrected chi connectivity index (χ3v) is 5.32. The Morgan fingerprint density at radius 3 is 2.88 bits per heavy atom. The molecule has 2 aliphatic heterocycles. The largest absolute Gasteiger partial charge is 0.468 e. The summed E-state index contributed by atoms with van der Waals surface area (Å²) < 4.78 is 5.45. The second kappa shape index (κ2) is 7.38. The first-order valence-electron chi connectivity index (χ1n) is 8.96. The lowest BCUT2D eigenvalue weighted by atomic mass is 9.92. The molecule has 0 saturated carbocycles. The van der Waals surface area contributed by atoms with Crippen LogP contribution in [0.2, 0.25) is 0 Å². The molecule has 6 heteroatoms. The molecule has 1 aromatic rings. The zero-order valence-electron chi connectivity index (χ0n) is 14.6. The van der Waals surface area contributed by atoms with Gasteiger partial charge in [-0.3, -0.25) is 9.59 Å². The lowest BCUT2D eigenvalue weighted by Crippen LogP contribution is -2.40. The monoisotopic (exact) mass is 333 g/mol. The minimum atomic E-state index is -0.189. The first-order valence-corrected chi connectivity index (χ1v) is 8.96. The molecule has 6 nitrogen and oxygen atoms in total. The number of nitrogens with zero attached hydrogens (tertiary/aromatic N) is 2. The first-order chi connectivity index (χ1) is 11.6. The number of hydrogen-bond acceptors (Lipinski definition) is 4. The molecule has 1 N–H and O–H groups in total. The summed E-state index contributed by atoms with van der Waals surface area (Å²) >= 11 is 0. The number of fused-ring (bicyclic) bond motifs is 1. The van der Waals surface area contributed by atoms with Crippen molar-refractivity contribution in [2.75, 3.05) is 39.8 Å². The molecule has 3 heterocycles. The number of hydrogen-bond donors (Lipinski definition) is 1. The van der Waals surface area contributed by atoms with Crippen LogP contribution in [0.25, 0.3) is 0 Å². The predicted octanol–water partition coefficient (Wildman–Crippen LogP) is 1.76. The summed E-state index contributed by atoms with van der Waals surface area (Å²) in [7, 11) is 2.14. The van der Waals surface area contributed by atoms with E-state index in [2.05, 4.69) is 24.2 Å². The third-order valence-electron chi connectivity index (χ3n) is 5.32. The molecule has 1 fully saturated rings. The average Bonchev–Trinajstić information content (AvgIpc) is 3.05. The summed E-state index contributed by atoms with van der Waals surface area (Å²) in [5, 5.41) is 2.79. The molecule has 0 aliphatic carbocycles. The lowest BCUT2D eigenvalue weighted by molar-refractivity contribution is 0.0677. The SMILES string of the molecule is CCN(C)CCC1CCN(C(=O)c2coc3c2C(=O)NCC3)CC1. The van der Waals surface area contributed by atoms with Crippen LogP contribution in [0.5, 0.6) is 0 Å². The highest BCUT2D eigenvalue weighted by molar-refractivity contribution is 6.08.